The molecule has 0 N–H and O–H groups in total. The molecule has 8 aromatic carbocycles. The first-order valence-corrected chi connectivity index (χ1v) is 17.4. The number of furan rings is 1. The van der Waals surface area contributed by atoms with E-state index in [1.165, 1.54) is 0 Å². The fourth-order valence-electron chi connectivity index (χ4n) is 7.15. The molecule has 4 aromatic heterocycles. The molecule has 0 atom stereocenters. The first kappa shape index (κ1) is 17.3. The number of aromatic nitrogens is 5. The van der Waals surface area contributed by atoms with Crippen LogP contribution < -0.4 is 0 Å². The van der Waals surface area contributed by atoms with Gasteiger partial charge in [0.05, 0.1) is 50.9 Å². The fourth-order valence-corrected chi connectivity index (χ4v) is 7.15. The van der Waals surface area contributed by atoms with Gasteiger partial charge in [0, 0.05) is 66.4 Å². The molecular formula is C51H31N5O. The molecule has 12 rings (SSSR count). The van der Waals surface area contributed by atoms with E-state index in [9.17, 15) is 11.0 Å². The molecule has 0 saturated heterocycles. The van der Waals surface area contributed by atoms with Gasteiger partial charge in [-0.3, -0.25) is 0 Å². The molecule has 0 radical (unpaired) electrons. The van der Waals surface area contributed by atoms with Crippen molar-refractivity contribution in [2.24, 2.45) is 0 Å². The largest absolute Gasteiger partial charge is 0.456 e. The zero-order valence-electron chi connectivity index (χ0n) is 49.9. The average Bonchev–Trinajstić information content (AvgIpc) is 3.93. The number of benzene rings is 8. The second-order valence-electron chi connectivity index (χ2n) is 12.8. The Kier molecular flexibility index (Phi) is 3.75. The Labute approximate surface area is 356 Å². The van der Waals surface area contributed by atoms with Crippen molar-refractivity contribution in [3.05, 3.63) is 188 Å². The molecule has 57 heavy (non-hydrogen) atoms. The minimum atomic E-state index is -0.876. The van der Waals surface area contributed by atoms with Crippen LogP contribution in [0.2, 0.25) is 0 Å². The van der Waals surface area contributed by atoms with Crippen LogP contribution in [-0.4, -0.2) is 24.1 Å². The summed E-state index contributed by atoms with van der Waals surface area (Å²) in [6, 6.07) is 0.986. The van der Waals surface area contributed by atoms with Gasteiger partial charge in [-0.25, -0.2) is 15.0 Å². The predicted molar refractivity (Wildman–Crippen MR) is 232 cm³/mol. The van der Waals surface area contributed by atoms with Crippen LogP contribution in [0.25, 0.3) is 111 Å². The van der Waals surface area contributed by atoms with Crippen molar-refractivity contribution in [1.82, 2.24) is 24.1 Å². The zero-order chi connectivity index (χ0) is 55.7. The monoisotopic (exact) mass is 750 g/mol. The molecule has 0 saturated carbocycles. The van der Waals surface area contributed by atoms with Crippen molar-refractivity contribution >= 4 is 65.6 Å². The van der Waals surface area contributed by atoms with Gasteiger partial charge in [-0.1, -0.05) is 127 Å². The van der Waals surface area contributed by atoms with E-state index in [2.05, 4.69) is 0 Å². The maximum atomic E-state index is 10.2. The Morgan fingerprint density at radius 2 is 0.982 bits per heavy atom. The Bertz CT molecular complexity index is 4660. The lowest BCUT2D eigenvalue weighted by Crippen LogP contribution is -2.00. The maximum Gasteiger partial charge on any atom is 0.164 e. The van der Waals surface area contributed by atoms with E-state index in [4.69, 9.17) is 37.2 Å². The normalized spacial score (nSPS) is 17.0. The predicted octanol–water partition coefficient (Wildman–Crippen LogP) is 13.0. The first-order chi connectivity index (χ1) is 37.0. The molecule has 0 amide bonds. The van der Waals surface area contributed by atoms with Crippen LogP contribution >= 0.6 is 0 Å². The molecular weight excluding hydrogens is 699 g/mol. The summed E-state index contributed by atoms with van der Waals surface area (Å²) < 4.78 is 201. The number of para-hydroxylation sites is 3. The molecule has 12 aromatic rings. The Hall–Kier alpha value is -7.83. The average molecular weight is 751 g/mol. The molecule has 0 aliphatic carbocycles. The number of rotatable bonds is 5. The van der Waals surface area contributed by atoms with Crippen LogP contribution in [0.3, 0.4) is 0 Å². The van der Waals surface area contributed by atoms with Gasteiger partial charge in [0.1, 0.15) is 11.2 Å². The summed E-state index contributed by atoms with van der Waals surface area (Å²) in [5.41, 5.74) is -3.65. The van der Waals surface area contributed by atoms with Gasteiger partial charge in [-0.15, -0.1) is 0 Å². The van der Waals surface area contributed by atoms with Crippen LogP contribution in [0.1, 0.15) is 28.8 Å². The summed E-state index contributed by atoms with van der Waals surface area (Å²) in [5.74, 6) is 0.0903. The molecule has 0 fully saturated rings. The van der Waals surface area contributed by atoms with Crippen LogP contribution in [-0.2, 0) is 0 Å². The van der Waals surface area contributed by atoms with Gasteiger partial charge < -0.3 is 13.6 Å². The van der Waals surface area contributed by atoms with Gasteiger partial charge in [0.2, 0.25) is 0 Å². The standard InChI is InChI=1S/C51H31N5O/c1-4-15-32(16-5-1)49-52-50(33-17-6-2-7-18-33)54-51(53-49)39-23-14-26-46-48(39)38-28-27-35(29-47(38)57-46)56-43-25-13-11-22-37(43)41-30-40-36-21-10-12-24-42(36)55(44(40)31-45(41)56)34-19-8-3-9-20-34/h1-31H/i3D,8D,9D,10D,11D,12D,13D,14D,19D,20D,21D,22D,23D,24D,25D,26D,27D,28D,29D,30D,31D. The molecule has 0 unspecified atom stereocenters. The van der Waals surface area contributed by atoms with Gasteiger partial charge in [-0.05, 0) is 54.4 Å². The zero-order valence-corrected chi connectivity index (χ0v) is 28.9. The molecule has 0 aliphatic rings. The fraction of sp³-hybridized carbons (Fsp3) is 0. The first-order valence-electron chi connectivity index (χ1n) is 27.9. The van der Waals surface area contributed by atoms with E-state index in [0.717, 1.165) is 9.13 Å². The number of hydrogen-bond acceptors (Lipinski definition) is 4. The van der Waals surface area contributed by atoms with Crippen molar-refractivity contribution < 1.29 is 33.2 Å². The Balaban J connectivity index is 1.28. The summed E-state index contributed by atoms with van der Waals surface area (Å²) in [6.07, 6.45) is 0. The van der Waals surface area contributed by atoms with Gasteiger partial charge in [-0.2, -0.15) is 0 Å². The topological polar surface area (TPSA) is 61.7 Å². The van der Waals surface area contributed by atoms with Crippen molar-refractivity contribution in [2.45, 2.75) is 0 Å². The second kappa shape index (κ2) is 12.3. The van der Waals surface area contributed by atoms with E-state index < -0.39 is 193 Å². The third kappa shape index (κ3) is 4.87. The summed E-state index contributed by atoms with van der Waals surface area (Å²) in [6.45, 7) is 0. The van der Waals surface area contributed by atoms with E-state index in [-0.39, 0.29) is 33.8 Å². The van der Waals surface area contributed by atoms with Crippen molar-refractivity contribution in [2.75, 3.05) is 0 Å². The Morgan fingerprint density at radius 1 is 0.404 bits per heavy atom. The Morgan fingerprint density at radius 3 is 1.63 bits per heavy atom. The third-order valence-corrected chi connectivity index (χ3v) is 9.61. The number of nitrogens with zero attached hydrogens (tertiary/aromatic N) is 5. The van der Waals surface area contributed by atoms with E-state index >= 15 is 0 Å². The molecule has 4 heterocycles. The minimum Gasteiger partial charge on any atom is -0.456 e. The van der Waals surface area contributed by atoms with E-state index in [0.29, 0.717) is 11.1 Å². The maximum absolute atomic E-state index is 10.2. The second-order valence-corrected chi connectivity index (χ2v) is 12.8. The van der Waals surface area contributed by atoms with Gasteiger partial charge >= 0.3 is 0 Å². The molecule has 6 heteroatoms. The highest BCUT2D eigenvalue weighted by Crippen LogP contribution is 2.42. The number of fused-ring (bicyclic) bond motifs is 9. The highest BCUT2D eigenvalue weighted by Gasteiger charge is 2.21. The summed E-state index contributed by atoms with van der Waals surface area (Å²) >= 11 is 0. The molecule has 0 bridgehead atoms. The van der Waals surface area contributed by atoms with E-state index in [1.807, 2.05) is 0 Å². The third-order valence-electron chi connectivity index (χ3n) is 9.61. The summed E-state index contributed by atoms with van der Waals surface area (Å²) in [5, 5.41) is -2.34. The van der Waals surface area contributed by atoms with Gasteiger partial charge in [0.25, 0.3) is 0 Å². The van der Waals surface area contributed by atoms with Crippen LogP contribution in [0.4, 0.5) is 0 Å². The highest BCUT2D eigenvalue weighted by atomic mass is 16.3. The number of hydrogen-bond donors (Lipinski definition) is 0. The van der Waals surface area contributed by atoms with Crippen molar-refractivity contribution in [3.8, 4) is 45.5 Å². The minimum absolute atomic E-state index is 0.144. The lowest BCUT2D eigenvalue weighted by molar-refractivity contribution is 0.668. The quantitative estimate of drug-likeness (QED) is 0.176. The van der Waals surface area contributed by atoms with E-state index in [1.54, 1.807) is 60.7 Å². The summed E-state index contributed by atoms with van der Waals surface area (Å²) in [4.78, 5) is 14.2. The SMILES string of the molecule is [2H]c1c([2H])c([2H])c(-n2c3c([2H])c([2H])c([2H])c([2H])c3c3c([2H])c4c5c([2H])c([2H])c([2H])c([2H])c5n(-c5c([2H])c([2H])c6c(oc7c([2H])c([2H])c([2H])c(-c8nc(-c9ccccc9)nc(-c9ccccc9)n8)c76)c5[2H])c4c([2H])c32)c([2H])c1[2H]. The molecule has 0 spiro atoms. The lowest BCUT2D eigenvalue weighted by atomic mass is 10.0. The smallest absolute Gasteiger partial charge is 0.164 e. The van der Waals surface area contributed by atoms with Crippen LogP contribution in [0, 0.1) is 0 Å². The van der Waals surface area contributed by atoms with Crippen LogP contribution in [0.15, 0.2) is 192 Å². The molecule has 266 valence electrons. The molecule has 6 nitrogen and oxygen atoms in total. The highest BCUT2D eigenvalue weighted by molar-refractivity contribution is 6.19. The lowest BCUT2D eigenvalue weighted by Gasteiger charge is -2.10. The van der Waals surface area contributed by atoms with Gasteiger partial charge in [0.15, 0.2) is 17.5 Å². The van der Waals surface area contributed by atoms with Crippen molar-refractivity contribution in [1.29, 1.82) is 0 Å². The van der Waals surface area contributed by atoms with Crippen LogP contribution in [0.5, 0.6) is 0 Å². The van der Waals surface area contributed by atoms with Crippen molar-refractivity contribution in [3.63, 3.8) is 0 Å². The molecule has 0 aliphatic heterocycles. The summed E-state index contributed by atoms with van der Waals surface area (Å²) in [7, 11) is 0.